The van der Waals surface area contributed by atoms with Crippen LogP contribution in [-0.4, -0.2) is 13.2 Å². The molecule has 0 aliphatic carbocycles. The van der Waals surface area contributed by atoms with E-state index in [0.717, 1.165) is 12.2 Å². The summed E-state index contributed by atoms with van der Waals surface area (Å²) in [5.41, 5.74) is 5.16. The SMILES string of the molecule is CC1=C(C)CN(c2ccc(C)cc2)OC1. The third-order valence-electron chi connectivity index (χ3n) is 2.87. The van der Waals surface area contributed by atoms with E-state index in [1.165, 1.54) is 16.7 Å². The molecule has 2 heteroatoms. The number of benzene rings is 1. The van der Waals surface area contributed by atoms with Crippen molar-refractivity contribution in [2.75, 3.05) is 18.2 Å². The number of hydrogen-bond donors (Lipinski definition) is 0. The first-order valence-electron chi connectivity index (χ1n) is 5.29. The number of nitrogens with zero attached hydrogens (tertiary/aromatic N) is 1. The Balaban J connectivity index is 2.17. The Morgan fingerprint density at radius 2 is 1.67 bits per heavy atom. The molecule has 2 rings (SSSR count). The fourth-order valence-corrected chi connectivity index (χ4v) is 1.57. The average molecular weight is 203 g/mol. The lowest BCUT2D eigenvalue weighted by atomic mass is 10.1. The quantitative estimate of drug-likeness (QED) is 0.650. The molecule has 0 spiro atoms. The van der Waals surface area contributed by atoms with Crippen LogP contribution >= 0.6 is 0 Å². The highest BCUT2D eigenvalue weighted by molar-refractivity contribution is 5.47. The van der Waals surface area contributed by atoms with Crippen LogP contribution in [0.3, 0.4) is 0 Å². The molecule has 0 fully saturated rings. The molecule has 0 saturated carbocycles. The van der Waals surface area contributed by atoms with Crippen LogP contribution in [0.4, 0.5) is 5.69 Å². The van der Waals surface area contributed by atoms with Crippen LogP contribution in [0.1, 0.15) is 19.4 Å². The second-order valence-corrected chi connectivity index (χ2v) is 4.21. The summed E-state index contributed by atoms with van der Waals surface area (Å²) in [7, 11) is 0. The van der Waals surface area contributed by atoms with Crippen LogP contribution in [0.2, 0.25) is 0 Å². The minimum atomic E-state index is 0.708. The van der Waals surface area contributed by atoms with Gasteiger partial charge < -0.3 is 0 Å². The van der Waals surface area contributed by atoms with E-state index < -0.39 is 0 Å². The topological polar surface area (TPSA) is 12.5 Å². The Morgan fingerprint density at radius 1 is 1.00 bits per heavy atom. The lowest BCUT2D eigenvalue weighted by Crippen LogP contribution is -2.31. The summed E-state index contributed by atoms with van der Waals surface area (Å²) in [6, 6.07) is 8.42. The highest BCUT2D eigenvalue weighted by Crippen LogP contribution is 2.21. The van der Waals surface area contributed by atoms with E-state index >= 15 is 0 Å². The Labute approximate surface area is 91.1 Å². The summed E-state index contributed by atoms with van der Waals surface area (Å²) in [5.74, 6) is 0. The van der Waals surface area contributed by atoms with E-state index in [2.05, 4.69) is 45.0 Å². The van der Waals surface area contributed by atoms with E-state index in [1.807, 2.05) is 5.06 Å². The van der Waals surface area contributed by atoms with Gasteiger partial charge in [-0.15, -0.1) is 0 Å². The van der Waals surface area contributed by atoms with Gasteiger partial charge in [-0.25, -0.2) is 5.06 Å². The maximum atomic E-state index is 5.66. The van der Waals surface area contributed by atoms with E-state index in [-0.39, 0.29) is 0 Å². The maximum absolute atomic E-state index is 5.66. The number of hydroxylamine groups is 1. The lowest BCUT2D eigenvalue weighted by molar-refractivity contribution is 0.122. The second kappa shape index (κ2) is 4.07. The average Bonchev–Trinajstić information content (AvgIpc) is 2.23. The van der Waals surface area contributed by atoms with Crippen molar-refractivity contribution in [2.45, 2.75) is 20.8 Å². The van der Waals surface area contributed by atoms with Crippen LogP contribution in [0, 0.1) is 6.92 Å². The molecule has 0 bridgehead atoms. The number of hydrogen-bond acceptors (Lipinski definition) is 2. The van der Waals surface area contributed by atoms with Crippen molar-refractivity contribution < 1.29 is 4.84 Å². The first kappa shape index (κ1) is 10.2. The molecule has 0 N–H and O–H groups in total. The summed E-state index contributed by atoms with van der Waals surface area (Å²) in [5, 5.41) is 1.96. The summed E-state index contributed by atoms with van der Waals surface area (Å²) < 4.78 is 0. The van der Waals surface area contributed by atoms with Gasteiger partial charge in [-0.2, -0.15) is 0 Å². The molecule has 15 heavy (non-hydrogen) atoms. The highest BCUT2D eigenvalue weighted by atomic mass is 16.7. The van der Waals surface area contributed by atoms with Crippen LogP contribution in [0.15, 0.2) is 35.4 Å². The van der Waals surface area contributed by atoms with Gasteiger partial charge in [-0.05, 0) is 38.5 Å². The zero-order chi connectivity index (χ0) is 10.8. The van der Waals surface area contributed by atoms with Crippen molar-refractivity contribution >= 4 is 5.69 Å². The van der Waals surface area contributed by atoms with Gasteiger partial charge in [0.1, 0.15) is 0 Å². The molecule has 1 aliphatic rings. The molecular formula is C13H17NO. The molecule has 0 amide bonds. The molecule has 0 unspecified atom stereocenters. The van der Waals surface area contributed by atoms with Gasteiger partial charge in [0.2, 0.25) is 0 Å². The lowest BCUT2D eigenvalue weighted by Gasteiger charge is -2.29. The van der Waals surface area contributed by atoms with Crippen molar-refractivity contribution in [1.29, 1.82) is 0 Å². The summed E-state index contributed by atoms with van der Waals surface area (Å²) in [4.78, 5) is 5.66. The van der Waals surface area contributed by atoms with Crippen LogP contribution in [0.5, 0.6) is 0 Å². The molecule has 0 atom stereocenters. The Kier molecular flexibility index (Phi) is 2.78. The molecule has 2 nitrogen and oxygen atoms in total. The van der Waals surface area contributed by atoms with Crippen molar-refractivity contribution in [3.8, 4) is 0 Å². The highest BCUT2D eigenvalue weighted by Gasteiger charge is 2.14. The van der Waals surface area contributed by atoms with Gasteiger partial charge in [0, 0.05) is 0 Å². The molecule has 80 valence electrons. The minimum absolute atomic E-state index is 0.708. The van der Waals surface area contributed by atoms with E-state index in [4.69, 9.17) is 4.84 Å². The molecule has 0 aromatic heterocycles. The summed E-state index contributed by atoms with van der Waals surface area (Å²) in [6.07, 6.45) is 0. The second-order valence-electron chi connectivity index (χ2n) is 4.21. The third kappa shape index (κ3) is 2.21. The summed E-state index contributed by atoms with van der Waals surface area (Å²) >= 11 is 0. The largest absolute Gasteiger partial charge is 0.269 e. The zero-order valence-corrected chi connectivity index (χ0v) is 9.58. The van der Waals surface area contributed by atoms with Crippen LogP contribution in [-0.2, 0) is 4.84 Å². The molecule has 0 saturated heterocycles. The van der Waals surface area contributed by atoms with Crippen molar-refractivity contribution in [2.24, 2.45) is 0 Å². The van der Waals surface area contributed by atoms with E-state index in [0.29, 0.717) is 6.61 Å². The van der Waals surface area contributed by atoms with Crippen LogP contribution in [0.25, 0.3) is 0 Å². The molecule has 1 heterocycles. The standard InChI is InChI=1S/C13H17NO/c1-10-4-6-13(7-5-10)14-8-11(2)12(3)9-15-14/h4-7H,8-9H2,1-3H3. The van der Waals surface area contributed by atoms with Gasteiger partial charge in [-0.3, -0.25) is 4.84 Å². The monoisotopic (exact) mass is 203 g/mol. The molecule has 1 aliphatic heterocycles. The van der Waals surface area contributed by atoms with E-state index in [1.54, 1.807) is 0 Å². The Hall–Kier alpha value is -1.28. The Morgan fingerprint density at radius 3 is 2.27 bits per heavy atom. The minimum Gasteiger partial charge on any atom is -0.269 e. The third-order valence-corrected chi connectivity index (χ3v) is 2.87. The van der Waals surface area contributed by atoms with Gasteiger partial charge in [-0.1, -0.05) is 23.3 Å². The smallest absolute Gasteiger partial charge is 0.0960 e. The number of rotatable bonds is 1. The molecule has 0 radical (unpaired) electrons. The van der Waals surface area contributed by atoms with Crippen molar-refractivity contribution in [1.82, 2.24) is 0 Å². The first-order chi connectivity index (χ1) is 7.16. The van der Waals surface area contributed by atoms with Crippen molar-refractivity contribution in [3.05, 3.63) is 41.0 Å². The van der Waals surface area contributed by atoms with Gasteiger partial charge >= 0.3 is 0 Å². The summed E-state index contributed by atoms with van der Waals surface area (Å²) in [6.45, 7) is 7.96. The maximum Gasteiger partial charge on any atom is 0.0960 e. The van der Waals surface area contributed by atoms with Crippen molar-refractivity contribution in [3.63, 3.8) is 0 Å². The molecule has 1 aromatic carbocycles. The molecule has 1 aromatic rings. The fourth-order valence-electron chi connectivity index (χ4n) is 1.57. The predicted octanol–water partition coefficient (Wildman–Crippen LogP) is 3.08. The van der Waals surface area contributed by atoms with Gasteiger partial charge in [0.25, 0.3) is 0 Å². The van der Waals surface area contributed by atoms with E-state index in [9.17, 15) is 0 Å². The zero-order valence-electron chi connectivity index (χ0n) is 9.58. The van der Waals surface area contributed by atoms with Gasteiger partial charge in [0.05, 0.1) is 18.8 Å². The number of aryl methyl sites for hydroxylation is 1. The van der Waals surface area contributed by atoms with Gasteiger partial charge in [0.15, 0.2) is 0 Å². The van der Waals surface area contributed by atoms with Crippen LogP contribution < -0.4 is 5.06 Å². The first-order valence-corrected chi connectivity index (χ1v) is 5.29. The fraction of sp³-hybridized carbons (Fsp3) is 0.385. The number of anilines is 1. The normalized spacial score (nSPS) is 17.1. The predicted molar refractivity (Wildman–Crippen MR) is 62.9 cm³/mol. The Bertz CT molecular complexity index is 378. The molecular weight excluding hydrogens is 186 g/mol.